The van der Waals surface area contributed by atoms with Gasteiger partial charge in [-0.25, -0.2) is 0 Å². The second-order valence-electron chi connectivity index (χ2n) is 4.94. The highest BCUT2D eigenvalue weighted by Gasteiger charge is 2.44. The monoisotopic (exact) mass is 268 g/mol. The van der Waals surface area contributed by atoms with Gasteiger partial charge in [0.1, 0.15) is 0 Å². The van der Waals surface area contributed by atoms with Crippen LogP contribution in [0.5, 0.6) is 0 Å². The first-order valence-corrected chi connectivity index (χ1v) is 6.83. The molecule has 0 unspecified atom stereocenters. The summed E-state index contributed by atoms with van der Waals surface area (Å²) in [6, 6.07) is 12.6. The summed E-state index contributed by atoms with van der Waals surface area (Å²) in [5.41, 5.74) is 4.17. The molecule has 1 aromatic carbocycles. The Morgan fingerprint density at radius 1 is 1.21 bits per heavy atom. The van der Waals surface area contributed by atoms with Crippen molar-refractivity contribution in [1.82, 2.24) is 4.98 Å². The molecule has 0 radical (unpaired) electrons. The minimum atomic E-state index is -0.216. The number of hydrogen-bond acceptors (Lipinski definition) is 2. The Hall–Kier alpha value is -1.85. The van der Waals surface area contributed by atoms with Crippen molar-refractivity contribution in [3.8, 4) is 17.2 Å². The third kappa shape index (κ3) is 2.11. The van der Waals surface area contributed by atoms with Crippen LogP contribution in [0.2, 0.25) is 0 Å². The molecule has 1 fully saturated rings. The predicted molar refractivity (Wildman–Crippen MR) is 75.8 cm³/mol. The Morgan fingerprint density at radius 3 is 2.53 bits per heavy atom. The Balaban J connectivity index is 1.97. The molecule has 2 aromatic rings. The Labute approximate surface area is 117 Å². The van der Waals surface area contributed by atoms with E-state index in [1.807, 2.05) is 6.07 Å². The van der Waals surface area contributed by atoms with Gasteiger partial charge in [-0.15, -0.1) is 11.6 Å². The van der Waals surface area contributed by atoms with Gasteiger partial charge < -0.3 is 0 Å². The third-order valence-corrected chi connectivity index (χ3v) is 4.05. The Morgan fingerprint density at radius 2 is 1.95 bits per heavy atom. The van der Waals surface area contributed by atoms with Crippen LogP contribution >= 0.6 is 11.6 Å². The summed E-state index contributed by atoms with van der Waals surface area (Å²) in [6.07, 6.45) is 5.53. The van der Waals surface area contributed by atoms with Crippen LogP contribution in [-0.4, -0.2) is 4.98 Å². The lowest BCUT2D eigenvalue weighted by Crippen LogP contribution is -2.01. The maximum atomic E-state index is 9.20. The number of alkyl halides is 1. The molecule has 1 aromatic heterocycles. The smallest absolute Gasteiger partial charge is 0.0823 e. The minimum absolute atomic E-state index is 0.216. The summed E-state index contributed by atoms with van der Waals surface area (Å²) in [7, 11) is 0. The summed E-state index contributed by atoms with van der Waals surface area (Å²) in [5.74, 6) is 0.451. The number of hydrogen-bond donors (Lipinski definition) is 0. The van der Waals surface area contributed by atoms with E-state index in [4.69, 9.17) is 11.6 Å². The van der Waals surface area contributed by atoms with Gasteiger partial charge in [-0.05, 0) is 41.2 Å². The molecule has 0 aliphatic heterocycles. The van der Waals surface area contributed by atoms with Crippen LogP contribution in [0.4, 0.5) is 0 Å². The van der Waals surface area contributed by atoms with Crippen molar-refractivity contribution in [2.45, 2.75) is 24.1 Å². The zero-order valence-electron chi connectivity index (χ0n) is 10.4. The lowest BCUT2D eigenvalue weighted by atomic mass is 9.94. The van der Waals surface area contributed by atoms with Crippen molar-refractivity contribution in [2.75, 3.05) is 0 Å². The molecule has 0 N–H and O–H groups in total. The summed E-state index contributed by atoms with van der Waals surface area (Å²) in [4.78, 5) is 4.09. The highest BCUT2D eigenvalue weighted by atomic mass is 35.5. The van der Waals surface area contributed by atoms with Crippen molar-refractivity contribution < 1.29 is 0 Å². The van der Waals surface area contributed by atoms with E-state index in [9.17, 15) is 5.26 Å². The van der Waals surface area contributed by atoms with Crippen LogP contribution in [0, 0.1) is 11.3 Å². The average molecular weight is 269 g/mol. The molecule has 0 bridgehead atoms. The fourth-order valence-electron chi connectivity index (χ4n) is 2.37. The van der Waals surface area contributed by atoms with E-state index in [-0.39, 0.29) is 5.41 Å². The summed E-state index contributed by atoms with van der Waals surface area (Å²) < 4.78 is 0. The van der Waals surface area contributed by atoms with Crippen LogP contribution in [0.25, 0.3) is 11.1 Å². The second kappa shape index (κ2) is 4.68. The fraction of sp³-hybridized carbons (Fsp3) is 0.250. The summed E-state index contributed by atoms with van der Waals surface area (Å²) >= 11 is 5.94. The first-order chi connectivity index (χ1) is 9.29. The van der Waals surface area contributed by atoms with Crippen LogP contribution in [0.3, 0.4) is 0 Å². The first kappa shape index (κ1) is 12.2. The van der Waals surface area contributed by atoms with E-state index in [1.54, 1.807) is 12.4 Å². The molecule has 2 nitrogen and oxygen atoms in total. The SMILES string of the molecule is N#CC1(c2ccc(-c3ccncc3CCl)cc2)CC1. The molecule has 0 spiro atoms. The topological polar surface area (TPSA) is 36.7 Å². The van der Waals surface area contributed by atoms with Gasteiger partial charge in [0.25, 0.3) is 0 Å². The molecular formula is C16H13ClN2. The number of benzene rings is 1. The zero-order valence-corrected chi connectivity index (χ0v) is 11.2. The largest absolute Gasteiger partial charge is 0.264 e. The third-order valence-electron chi connectivity index (χ3n) is 3.76. The van der Waals surface area contributed by atoms with E-state index < -0.39 is 0 Å². The van der Waals surface area contributed by atoms with Gasteiger partial charge in [0, 0.05) is 18.3 Å². The van der Waals surface area contributed by atoms with E-state index in [0.717, 1.165) is 35.1 Å². The Kier molecular flexibility index (Phi) is 3.00. The second-order valence-corrected chi connectivity index (χ2v) is 5.20. The summed E-state index contributed by atoms with van der Waals surface area (Å²) in [5, 5.41) is 9.20. The number of pyridine rings is 1. The van der Waals surface area contributed by atoms with Gasteiger partial charge in [-0.2, -0.15) is 5.26 Å². The van der Waals surface area contributed by atoms with Gasteiger partial charge in [0.15, 0.2) is 0 Å². The van der Waals surface area contributed by atoms with Crippen molar-refractivity contribution >= 4 is 11.6 Å². The van der Waals surface area contributed by atoms with E-state index >= 15 is 0 Å². The van der Waals surface area contributed by atoms with Gasteiger partial charge in [-0.3, -0.25) is 4.98 Å². The van der Waals surface area contributed by atoms with Crippen LogP contribution in [0.15, 0.2) is 42.7 Å². The van der Waals surface area contributed by atoms with Gasteiger partial charge in [0.05, 0.1) is 11.5 Å². The molecule has 3 heteroatoms. The van der Waals surface area contributed by atoms with Gasteiger partial charge >= 0.3 is 0 Å². The van der Waals surface area contributed by atoms with Gasteiger partial charge in [0.2, 0.25) is 0 Å². The lowest BCUT2D eigenvalue weighted by molar-refractivity contribution is 0.909. The Bertz CT molecular complexity index is 637. The first-order valence-electron chi connectivity index (χ1n) is 6.30. The minimum Gasteiger partial charge on any atom is -0.264 e. The highest BCUT2D eigenvalue weighted by Crippen LogP contribution is 2.47. The molecule has 94 valence electrons. The molecule has 0 atom stereocenters. The van der Waals surface area contributed by atoms with Crippen molar-refractivity contribution in [3.05, 3.63) is 53.9 Å². The van der Waals surface area contributed by atoms with Crippen molar-refractivity contribution in [2.24, 2.45) is 0 Å². The summed E-state index contributed by atoms with van der Waals surface area (Å²) in [6.45, 7) is 0. The number of rotatable bonds is 3. The van der Waals surface area contributed by atoms with E-state index in [2.05, 4.69) is 35.3 Å². The normalized spacial score (nSPS) is 15.8. The number of halogens is 1. The van der Waals surface area contributed by atoms with E-state index in [0.29, 0.717) is 5.88 Å². The molecule has 1 aliphatic rings. The molecule has 1 saturated carbocycles. The maximum absolute atomic E-state index is 9.20. The van der Waals surface area contributed by atoms with Crippen molar-refractivity contribution in [1.29, 1.82) is 5.26 Å². The number of aromatic nitrogens is 1. The fourth-order valence-corrected chi connectivity index (χ4v) is 2.59. The van der Waals surface area contributed by atoms with Gasteiger partial charge in [-0.1, -0.05) is 24.3 Å². The number of nitrogens with zero attached hydrogens (tertiary/aromatic N) is 2. The number of nitriles is 1. The quantitative estimate of drug-likeness (QED) is 0.788. The lowest BCUT2D eigenvalue weighted by Gasteiger charge is -2.09. The molecular weight excluding hydrogens is 256 g/mol. The molecule has 1 heterocycles. The van der Waals surface area contributed by atoms with E-state index in [1.165, 1.54) is 0 Å². The molecule has 3 rings (SSSR count). The van der Waals surface area contributed by atoms with Crippen LogP contribution < -0.4 is 0 Å². The molecule has 0 amide bonds. The van der Waals surface area contributed by atoms with Crippen LogP contribution in [0.1, 0.15) is 24.0 Å². The predicted octanol–water partition coefficient (Wildman–Crippen LogP) is 4.04. The maximum Gasteiger partial charge on any atom is 0.0823 e. The molecule has 1 aliphatic carbocycles. The molecule has 19 heavy (non-hydrogen) atoms. The zero-order chi connectivity index (χ0) is 13.3. The highest BCUT2D eigenvalue weighted by molar-refractivity contribution is 6.17. The van der Waals surface area contributed by atoms with Crippen LogP contribution in [-0.2, 0) is 11.3 Å². The standard InChI is InChI=1S/C16H13ClN2/c17-9-13-10-19-8-5-15(13)12-1-3-14(4-2-12)16(11-18)6-7-16/h1-5,8,10H,6-7,9H2. The van der Waals surface area contributed by atoms with Crippen molar-refractivity contribution in [3.63, 3.8) is 0 Å². The molecule has 0 saturated heterocycles. The average Bonchev–Trinajstić information content (AvgIpc) is 3.28.